The van der Waals surface area contributed by atoms with Gasteiger partial charge in [-0.2, -0.15) is 5.26 Å². The molecule has 110 valence electrons. The van der Waals surface area contributed by atoms with Crippen LogP contribution in [0.1, 0.15) is 11.1 Å². The smallest absolute Gasteiger partial charge is 0.266 e. The fraction of sp³-hybridized carbons (Fsp3) is 0.0588. The summed E-state index contributed by atoms with van der Waals surface area (Å²) >= 11 is 0. The van der Waals surface area contributed by atoms with Crippen molar-refractivity contribution in [2.45, 2.75) is 6.92 Å². The van der Waals surface area contributed by atoms with Crippen LogP contribution in [0.15, 0.2) is 48.0 Å². The van der Waals surface area contributed by atoms with Crippen molar-refractivity contribution in [2.24, 2.45) is 0 Å². The highest BCUT2D eigenvalue weighted by atomic mass is 19.2. The zero-order valence-electron chi connectivity index (χ0n) is 11.7. The largest absolute Gasteiger partial charge is 0.321 e. The number of hydrogen-bond acceptors (Lipinski definition) is 2. The van der Waals surface area contributed by atoms with E-state index in [0.717, 1.165) is 17.7 Å². The van der Waals surface area contributed by atoms with E-state index in [1.165, 1.54) is 12.1 Å². The number of benzene rings is 2. The third kappa shape index (κ3) is 3.76. The first-order valence-corrected chi connectivity index (χ1v) is 6.44. The molecule has 0 saturated carbocycles. The van der Waals surface area contributed by atoms with E-state index in [0.29, 0.717) is 5.69 Å². The molecule has 0 aromatic heterocycles. The lowest BCUT2D eigenvalue weighted by molar-refractivity contribution is -0.112. The molecule has 2 aromatic rings. The predicted octanol–water partition coefficient (Wildman–Crippen LogP) is 3.82. The van der Waals surface area contributed by atoms with Crippen LogP contribution in [0, 0.1) is 29.9 Å². The van der Waals surface area contributed by atoms with Gasteiger partial charge in [0.05, 0.1) is 0 Å². The van der Waals surface area contributed by atoms with Gasteiger partial charge in [0.25, 0.3) is 5.91 Å². The van der Waals surface area contributed by atoms with Gasteiger partial charge in [-0.3, -0.25) is 4.79 Å². The minimum atomic E-state index is -1.04. The molecule has 0 aliphatic heterocycles. The van der Waals surface area contributed by atoms with E-state index < -0.39 is 17.5 Å². The summed E-state index contributed by atoms with van der Waals surface area (Å²) in [5, 5.41) is 11.6. The Hall–Kier alpha value is -3.00. The summed E-state index contributed by atoms with van der Waals surface area (Å²) in [6.45, 7) is 1.91. The lowest BCUT2D eigenvalue weighted by atomic mass is 10.1. The number of carbonyl (C=O) groups excluding carboxylic acids is 1. The van der Waals surface area contributed by atoms with Gasteiger partial charge in [0.2, 0.25) is 0 Å². The van der Waals surface area contributed by atoms with Crippen molar-refractivity contribution in [3.63, 3.8) is 0 Å². The molecular formula is C17H12F2N2O. The number of hydrogen-bond donors (Lipinski definition) is 1. The highest BCUT2D eigenvalue weighted by molar-refractivity contribution is 6.09. The molecule has 2 rings (SSSR count). The molecule has 0 radical (unpaired) electrons. The van der Waals surface area contributed by atoms with Gasteiger partial charge in [0, 0.05) is 5.69 Å². The maximum absolute atomic E-state index is 13.1. The minimum Gasteiger partial charge on any atom is -0.321 e. The summed E-state index contributed by atoms with van der Waals surface area (Å²) < 4.78 is 26.0. The number of carbonyl (C=O) groups is 1. The second-order valence-corrected chi connectivity index (χ2v) is 4.66. The number of nitrogens with one attached hydrogen (secondary N) is 1. The molecule has 1 N–H and O–H groups in total. The minimum absolute atomic E-state index is 0.202. The lowest BCUT2D eigenvalue weighted by Crippen LogP contribution is -2.13. The first-order chi connectivity index (χ1) is 10.5. The average molecular weight is 298 g/mol. The van der Waals surface area contributed by atoms with Gasteiger partial charge in [-0.05, 0) is 42.8 Å². The van der Waals surface area contributed by atoms with Crippen LogP contribution in [0.2, 0.25) is 0 Å². The maximum Gasteiger partial charge on any atom is 0.266 e. The fourth-order valence-corrected chi connectivity index (χ4v) is 1.75. The number of amides is 1. The predicted molar refractivity (Wildman–Crippen MR) is 79.8 cm³/mol. The van der Waals surface area contributed by atoms with Gasteiger partial charge in [-0.25, -0.2) is 8.78 Å². The molecule has 0 atom stereocenters. The Morgan fingerprint density at radius 1 is 1.14 bits per heavy atom. The molecule has 3 nitrogen and oxygen atoms in total. The number of nitriles is 1. The van der Waals surface area contributed by atoms with Crippen LogP contribution in [0.4, 0.5) is 14.5 Å². The molecule has 0 heterocycles. The van der Waals surface area contributed by atoms with Crippen LogP contribution in [0.25, 0.3) is 6.08 Å². The van der Waals surface area contributed by atoms with Crippen molar-refractivity contribution < 1.29 is 13.6 Å². The van der Waals surface area contributed by atoms with E-state index in [-0.39, 0.29) is 11.1 Å². The summed E-state index contributed by atoms with van der Waals surface area (Å²) in [5.74, 6) is -2.64. The fourth-order valence-electron chi connectivity index (χ4n) is 1.75. The Balaban J connectivity index is 2.21. The summed E-state index contributed by atoms with van der Waals surface area (Å²) in [6, 6.07) is 12.0. The number of nitrogens with zero attached hydrogens (tertiary/aromatic N) is 1. The average Bonchev–Trinajstić information content (AvgIpc) is 2.50. The number of aryl methyl sites for hydroxylation is 1. The van der Waals surface area contributed by atoms with E-state index in [1.54, 1.807) is 18.2 Å². The maximum atomic E-state index is 13.1. The highest BCUT2D eigenvalue weighted by Crippen LogP contribution is 2.14. The second-order valence-electron chi connectivity index (χ2n) is 4.66. The van der Waals surface area contributed by atoms with Gasteiger partial charge in [-0.15, -0.1) is 0 Å². The van der Waals surface area contributed by atoms with Gasteiger partial charge < -0.3 is 5.32 Å². The molecule has 0 unspecified atom stereocenters. The molecule has 5 heteroatoms. The normalized spacial score (nSPS) is 10.9. The third-order valence-corrected chi connectivity index (χ3v) is 2.93. The Morgan fingerprint density at radius 3 is 2.41 bits per heavy atom. The van der Waals surface area contributed by atoms with Crippen LogP contribution < -0.4 is 5.32 Å². The summed E-state index contributed by atoms with van der Waals surface area (Å²) in [6.07, 6.45) is 1.20. The Bertz CT molecular complexity index is 774. The van der Waals surface area contributed by atoms with Crippen LogP contribution in [-0.4, -0.2) is 5.91 Å². The molecule has 1 amide bonds. The van der Waals surface area contributed by atoms with Gasteiger partial charge >= 0.3 is 0 Å². The summed E-state index contributed by atoms with van der Waals surface area (Å²) in [7, 11) is 0. The Labute approximate surface area is 126 Å². The first-order valence-electron chi connectivity index (χ1n) is 6.44. The van der Waals surface area contributed by atoms with Crippen LogP contribution >= 0.6 is 0 Å². The number of rotatable bonds is 3. The third-order valence-electron chi connectivity index (χ3n) is 2.93. The highest BCUT2D eigenvalue weighted by Gasteiger charge is 2.10. The molecular weight excluding hydrogens is 286 g/mol. The molecule has 22 heavy (non-hydrogen) atoms. The second kappa shape index (κ2) is 6.64. The zero-order chi connectivity index (χ0) is 16.1. The van der Waals surface area contributed by atoms with Crippen molar-refractivity contribution in [1.29, 1.82) is 5.26 Å². The van der Waals surface area contributed by atoms with Crippen molar-refractivity contribution in [1.82, 2.24) is 0 Å². The Morgan fingerprint density at radius 2 is 1.82 bits per heavy atom. The SMILES string of the molecule is Cc1ccc(NC(=O)/C(C#N)=C\c2ccc(F)c(F)c2)cc1. The van der Waals surface area contributed by atoms with Crippen molar-refractivity contribution in [3.8, 4) is 6.07 Å². The lowest BCUT2D eigenvalue weighted by Gasteiger charge is -2.04. The van der Waals surface area contributed by atoms with E-state index in [9.17, 15) is 13.6 Å². The Kier molecular flexibility index (Phi) is 4.64. The van der Waals surface area contributed by atoms with E-state index >= 15 is 0 Å². The monoisotopic (exact) mass is 298 g/mol. The van der Waals surface area contributed by atoms with Gasteiger partial charge in [0.1, 0.15) is 11.6 Å². The van der Waals surface area contributed by atoms with Crippen LogP contribution in [0.3, 0.4) is 0 Å². The van der Waals surface area contributed by atoms with Crippen molar-refractivity contribution in [2.75, 3.05) is 5.32 Å². The standard InChI is InChI=1S/C17H12F2N2O/c1-11-2-5-14(6-3-11)21-17(22)13(10-20)8-12-4-7-15(18)16(19)9-12/h2-9H,1H3,(H,21,22)/b13-8-. The molecule has 0 aliphatic carbocycles. The number of halogens is 2. The van der Waals surface area contributed by atoms with Crippen molar-refractivity contribution in [3.05, 3.63) is 70.8 Å². The summed E-state index contributed by atoms with van der Waals surface area (Å²) in [5.41, 5.74) is 1.61. The first kappa shape index (κ1) is 15.4. The molecule has 0 bridgehead atoms. The summed E-state index contributed by atoms with van der Waals surface area (Å²) in [4.78, 5) is 12.0. The van der Waals surface area contributed by atoms with Crippen molar-refractivity contribution >= 4 is 17.7 Å². The van der Waals surface area contributed by atoms with E-state index in [1.807, 2.05) is 19.1 Å². The molecule has 2 aromatic carbocycles. The van der Waals surface area contributed by atoms with E-state index in [2.05, 4.69) is 5.32 Å². The molecule has 0 saturated heterocycles. The van der Waals surface area contributed by atoms with Crippen LogP contribution in [-0.2, 0) is 4.79 Å². The van der Waals surface area contributed by atoms with Gasteiger partial charge in [0.15, 0.2) is 11.6 Å². The van der Waals surface area contributed by atoms with Crippen LogP contribution in [0.5, 0.6) is 0 Å². The van der Waals surface area contributed by atoms with E-state index in [4.69, 9.17) is 5.26 Å². The quantitative estimate of drug-likeness (QED) is 0.692. The van der Waals surface area contributed by atoms with Gasteiger partial charge in [-0.1, -0.05) is 23.8 Å². The zero-order valence-corrected chi connectivity index (χ0v) is 11.7. The molecule has 0 spiro atoms. The number of anilines is 1. The topological polar surface area (TPSA) is 52.9 Å². The molecule has 0 fully saturated rings. The molecule has 0 aliphatic rings.